The van der Waals surface area contributed by atoms with Crippen molar-refractivity contribution in [2.45, 2.75) is 25.4 Å². The van der Waals surface area contributed by atoms with Gasteiger partial charge in [-0.15, -0.1) is 11.3 Å². The first kappa shape index (κ1) is 14.9. The molecule has 4 rings (SSSR count). The highest BCUT2D eigenvalue weighted by Gasteiger charge is 2.28. The Kier molecular flexibility index (Phi) is 3.75. The molecule has 0 spiro atoms. The first-order chi connectivity index (χ1) is 11.1. The molecule has 0 fully saturated rings. The number of fused-ring (bicyclic) bond motifs is 2. The molecular weight excluding hydrogens is 334 g/mol. The Bertz CT molecular complexity index is 790. The summed E-state index contributed by atoms with van der Waals surface area (Å²) in [5, 5.41) is 4.40. The molecule has 5 nitrogen and oxygen atoms in total. The molecule has 2 aliphatic heterocycles. The van der Waals surface area contributed by atoms with Crippen LogP contribution in [0.5, 0.6) is 5.75 Å². The molecule has 3 heterocycles. The van der Waals surface area contributed by atoms with E-state index < -0.39 is 0 Å². The minimum atomic E-state index is -0.00854. The van der Waals surface area contributed by atoms with Gasteiger partial charge < -0.3 is 15.8 Å². The first-order valence-electron chi connectivity index (χ1n) is 7.59. The normalized spacial score (nSPS) is 19.6. The number of aromatic nitrogens is 1. The highest BCUT2D eigenvalue weighted by molar-refractivity contribution is 7.15. The van der Waals surface area contributed by atoms with Crippen molar-refractivity contribution in [2.75, 3.05) is 13.1 Å². The maximum atomic E-state index is 11.7. The number of ether oxygens (including phenoxy) is 1. The fourth-order valence-electron chi connectivity index (χ4n) is 3.05. The highest BCUT2D eigenvalue weighted by atomic mass is 35.5. The molecule has 2 aliphatic rings. The number of thiazole rings is 1. The Labute approximate surface area is 142 Å². The van der Waals surface area contributed by atoms with E-state index in [2.05, 4.69) is 5.32 Å². The third kappa shape index (κ3) is 2.71. The molecule has 1 aromatic carbocycles. The van der Waals surface area contributed by atoms with E-state index in [0.717, 1.165) is 45.3 Å². The van der Waals surface area contributed by atoms with Crippen molar-refractivity contribution in [2.24, 2.45) is 5.73 Å². The Morgan fingerprint density at radius 1 is 1.48 bits per heavy atom. The summed E-state index contributed by atoms with van der Waals surface area (Å²) in [6.07, 6.45) is 1.91. The lowest BCUT2D eigenvalue weighted by molar-refractivity contribution is -0.120. The fraction of sp³-hybridized carbons (Fsp3) is 0.375. The lowest BCUT2D eigenvalue weighted by Crippen LogP contribution is -2.24. The van der Waals surface area contributed by atoms with Gasteiger partial charge in [-0.25, -0.2) is 4.98 Å². The largest absolute Gasteiger partial charge is 0.488 e. The molecule has 0 saturated carbocycles. The first-order valence-corrected chi connectivity index (χ1v) is 8.78. The Hall–Kier alpha value is -1.63. The van der Waals surface area contributed by atoms with E-state index in [0.29, 0.717) is 24.5 Å². The standard InChI is InChI=1S/C16H16ClN3O2S/c17-9-3-8-4-10(7-18)22-15(8)11(5-9)16-20-12-1-2-19-14(21)6-13(12)23-16/h3,5,10H,1-2,4,6-7,18H2,(H,19,21). The molecular formula is C16H16ClN3O2S. The summed E-state index contributed by atoms with van der Waals surface area (Å²) in [7, 11) is 0. The summed E-state index contributed by atoms with van der Waals surface area (Å²) < 4.78 is 5.98. The summed E-state index contributed by atoms with van der Waals surface area (Å²) in [4.78, 5) is 17.5. The molecule has 23 heavy (non-hydrogen) atoms. The average molecular weight is 350 g/mol. The number of hydrogen-bond donors (Lipinski definition) is 2. The van der Waals surface area contributed by atoms with Crippen molar-refractivity contribution in [3.63, 3.8) is 0 Å². The topological polar surface area (TPSA) is 77.2 Å². The van der Waals surface area contributed by atoms with Gasteiger partial charge in [0.1, 0.15) is 16.9 Å². The summed E-state index contributed by atoms with van der Waals surface area (Å²) >= 11 is 7.82. The van der Waals surface area contributed by atoms with E-state index in [1.165, 1.54) is 0 Å². The van der Waals surface area contributed by atoms with Gasteiger partial charge in [-0.05, 0) is 12.1 Å². The van der Waals surface area contributed by atoms with E-state index in [1.54, 1.807) is 11.3 Å². The minimum Gasteiger partial charge on any atom is -0.488 e. The number of nitrogens with one attached hydrogen (secondary N) is 1. The van der Waals surface area contributed by atoms with Crippen LogP contribution in [0.2, 0.25) is 5.02 Å². The molecule has 3 N–H and O–H groups in total. The number of amides is 1. The number of benzene rings is 1. The molecule has 7 heteroatoms. The molecule has 2 aromatic rings. The van der Waals surface area contributed by atoms with Crippen LogP contribution in [0.4, 0.5) is 0 Å². The Morgan fingerprint density at radius 3 is 3.17 bits per heavy atom. The molecule has 1 amide bonds. The van der Waals surface area contributed by atoms with Gasteiger partial charge in [-0.1, -0.05) is 11.6 Å². The molecule has 0 aliphatic carbocycles. The lowest BCUT2D eigenvalue weighted by atomic mass is 10.1. The average Bonchev–Trinajstić information content (AvgIpc) is 3.06. The zero-order chi connectivity index (χ0) is 16.0. The number of halogens is 1. The fourth-order valence-corrected chi connectivity index (χ4v) is 4.41. The quantitative estimate of drug-likeness (QED) is 0.868. The molecule has 0 bridgehead atoms. The van der Waals surface area contributed by atoms with E-state index in [4.69, 9.17) is 27.1 Å². The second kappa shape index (κ2) is 5.78. The van der Waals surface area contributed by atoms with Crippen LogP contribution in [-0.4, -0.2) is 30.1 Å². The van der Waals surface area contributed by atoms with Crippen molar-refractivity contribution >= 4 is 28.8 Å². The van der Waals surface area contributed by atoms with Gasteiger partial charge in [0, 0.05) is 41.4 Å². The predicted octanol–water partition coefficient (Wildman–Crippen LogP) is 1.94. The van der Waals surface area contributed by atoms with Crippen LogP contribution < -0.4 is 15.8 Å². The van der Waals surface area contributed by atoms with Gasteiger partial charge in [0.2, 0.25) is 5.91 Å². The van der Waals surface area contributed by atoms with Gasteiger partial charge in [-0.3, -0.25) is 4.79 Å². The number of nitrogens with two attached hydrogens (primary N) is 1. The van der Waals surface area contributed by atoms with Gasteiger partial charge in [-0.2, -0.15) is 0 Å². The van der Waals surface area contributed by atoms with Crippen LogP contribution in [0.25, 0.3) is 10.6 Å². The molecule has 1 unspecified atom stereocenters. The summed E-state index contributed by atoms with van der Waals surface area (Å²) in [6.45, 7) is 1.11. The van der Waals surface area contributed by atoms with E-state index in [1.807, 2.05) is 12.1 Å². The molecule has 1 atom stereocenters. The van der Waals surface area contributed by atoms with E-state index >= 15 is 0 Å². The predicted molar refractivity (Wildman–Crippen MR) is 90.2 cm³/mol. The SMILES string of the molecule is NCC1Cc2cc(Cl)cc(-c3nc4c(s3)CC(=O)NCC4)c2O1. The number of nitrogens with zero attached hydrogens (tertiary/aromatic N) is 1. The molecule has 1 aromatic heterocycles. The third-order valence-corrected chi connectivity index (χ3v) is 5.49. The monoisotopic (exact) mass is 349 g/mol. The second-order valence-corrected chi connectivity index (χ2v) is 7.31. The van der Waals surface area contributed by atoms with Crippen molar-refractivity contribution in [1.29, 1.82) is 0 Å². The maximum absolute atomic E-state index is 11.7. The minimum absolute atomic E-state index is 0.00854. The Morgan fingerprint density at radius 2 is 2.35 bits per heavy atom. The van der Waals surface area contributed by atoms with Crippen molar-refractivity contribution in [3.8, 4) is 16.3 Å². The summed E-state index contributed by atoms with van der Waals surface area (Å²) in [5.74, 6) is 0.882. The van der Waals surface area contributed by atoms with Gasteiger partial charge in [0.05, 0.1) is 17.7 Å². The van der Waals surface area contributed by atoms with Crippen molar-refractivity contribution in [3.05, 3.63) is 33.3 Å². The molecule has 0 saturated heterocycles. The van der Waals surface area contributed by atoms with Crippen LogP contribution >= 0.6 is 22.9 Å². The zero-order valence-electron chi connectivity index (χ0n) is 12.4. The van der Waals surface area contributed by atoms with Crippen LogP contribution in [0, 0.1) is 0 Å². The highest BCUT2D eigenvalue weighted by Crippen LogP contribution is 2.43. The van der Waals surface area contributed by atoms with Crippen molar-refractivity contribution in [1.82, 2.24) is 10.3 Å². The van der Waals surface area contributed by atoms with E-state index in [9.17, 15) is 4.79 Å². The van der Waals surface area contributed by atoms with Gasteiger partial charge in [0.15, 0.2) is 0 Å². The molecule has 0 radical (unpaired) electrons. The number of rotatable bonds is 2. The number of carbonyl (C=O) groups excluding carboxylic acids is 1. The van der Waals surface area contributed by atoms with Gasteiger partial charge in [0.25, 0.3) is 0 Å². The lowest BCUT2D eigenvalue weighted by Gasteiger charge is -2.09. The maximum Gasteiger partial charge on any atom is 0.225 e. The zero-order valence-corrected chi connectivity index (χ0v) is 14.0. The van der Waals surface area contributed by atoms with Crippen LogP contribution in [0.3, 0.4) is 0 Å². The summed E-state index contributed by atoms with van der Waals surface area (Å²) in [6, 6.07) is 3.82. The Balaban J connectivity index is 1.78. The summed E-state index contributed by atoms with van der Waals surface area (Å²) in [5.41, 5.74) is 8.71. The van der Waals surface area contributed by atoms with Gasteiger partial charge >= 0.3 is 0 Å². The smallest absolute Gasteiger partial charge is 0.225 e. The van der Waals surface area contributed by atoms with Crippen LogP contribution in [0.1, 0.15) is 16.1 Å². The number of carbonyl (C=O) groups is 1. The van der Waals surface area contributed by atoms with Crippen molar-refractivity contribution < 1.29 is 9.53 Å². The second-order valence-electron chi connectivity index (χ2n) is 5.79. The third-order valence-electron chi connectivity index (χ3n) is 4.14. The molecule has 120 valence electrons. The number of hydrogen-bond acceptors (Lipinski definition) is 5. The van der Waals surface area contributed by atoms with E-state index in [-0.39, 0.29) is 12.0 Å². The van der Waals surface area contributed by atoms with Crippen LogP contribution in [-0.2, 0) is 24.1 Å². The van der Waals surface area contributed by atoms with Crippen LogP contribution in [0.15, 0.2) is 12.1 Å².